The fraction of sp³-hybridized carbons (Fsp3) is 0.400. The Balaban J connectivity index is 2.40. The predicted molar refractivity (Wildman–Crippen MR) is 70.8 cm³/mol. The number of nitrogens with zero attached hydrogens (tertiary/aromatic N) is 4. The zero-order valence-corrected chi connectivity index (χ0v) is 11.6. The van der Waals surface area contributed by atoms with E-state index in [-0.39, 0.29) is 5.69 Å². The van der Waals surface area contributed by atoms with E-state index in [0.717, 1.165) is 0 Å². The molecule has 102 valence electrons. The van der Waals surface area contributed by atoms with Gasteiger partial charge in [-0.3, -0.25) is 4.57 Å². The fourth-order valence-electron chi connectivity index (χ4n) is 1.54. The van der Waals surface area contributed by atoms with Crippen LogP contribution >= 0.6 is 11.8 Å². The van der Waals surface area contributed by atoms with Gasteiger partial charge >= 0.3 is 5.69 Å². The number of aromatic nitrogens is 5. The highest BCUT2D eigenvalue weighted by molar-refractivity contribution is 7.99. The molecule has 0 aliphatic carbocycles. The van der Waals surface area contributed by atoms with Gasteiger partial charge in [0, 0.05) is 13.6 Å². The summed E-state index contributed by atoms with van der Waals surface area (Å²) in [5, 5.41) is 10.4. The molecular formula is C10H14N6O2S. The summed E-state index contributed by atoms with van der Waals surface area (Å²) in [6.07, 6.45) is 1.43. The van der Waals surface area contributed by atoms with Crippen molar-refractivity contribution in [1.29, 1.82) is 0 Å². The molecule has 2 heterocycles. The van der Waals surface area contributed by atoms with E-state index in [4.69, 9.17) is 4.74 Å². The SMILES string of the molecule is CCn1c(Sc2ncnc(NC)c2OC)n[nH]c1=O. The number of anilines is 1. The lowest BCUT2D eigenvalue weighted by Crippen LogP contribution is -2.16. The molecule has 0 saturated heterocycles. The molecule has 0 aliphatic heterocycles. The van der Waals surface area contributed by atoms with Crippen LogP contribution in [0.5, 0.6) is 5.75 Å². The van der Waals surface area contributed by atoms with Gasteiger partial charge in [-0.2, -0.15) is 0 Å². The monoisotopic (exact) mass is 282 g/mol. The average molecular weight is 282 g/mol. The zero-order chi connectivity index (χ0) is 13.8. The van der Waals surface area contributed by atoms with Crippen molar-refractivity contribution in [3.8, 4) is 5.75 Å². The number of nitrogens with one attached hydrogen (secondary N) is 2. The molecule has 0 unspecified atom stereocenters. The summed E-state index contributed by atoms with van der Waals surface area (Å²) in [6, 6.07) is 0. The van der Waals surface area contributed by atoms with Crippen molar-refractivity contribution >= 4 is 17.6 Å². The molecule has 2 aromatic rings. The molecule has 19 heavy (non-hydrogen) atoms. The van der Waals surface area contributed by atoms with Crippen LogP contribution < -0.4 is 15.7 Å². The minimum Gasteiger partial charge on any atom is -0.490 e. The summed E-state index contributed by atoms with van der Waals surface area (Å²) in [7, 11) is 3.29. The Morgan fingerprint density at radius 2 is 2.32 bits per heavy atom. The first-order valence-electron chi connectivity index (χ1n) is 5.61. The van der Waals surface area contributed by atoms with Crippen LogP contribution in [0.2, 0.25) is 0 Å². The lowest BCUT2D eigenvalue weighted by molar-refractivity contribution is 0.400. The number of hydrogen-bond acceptors (Lipinski definition) is 7. The average Bonchev–Trinajstić information content (AvgIpc) is 2.78. The van der Waals surface area contributed by atoms with Gasteiger partial charge in [-0.25, -0.2) is 19.9 Å². The molecule has 0 fully saturated rings. The van der Waals surface area contributed by atoms with Crippen molar-refractivity contribution in [2.24, 2.45) is 0 Å². The van der Waals surface area contributed by atoms with Crippen LogP contribution in [0.1, 0.15) is 6.92 Å². The standard InChI is InChI=1S/C10H14N6O2S/c1-4-16-9(17)14-15-10(16)19-8-6(18-3)7(11-2)12-5-13-8/h5H,4H2,1-3H3,(H,14,17)(H,11,12,13). The first kappa shape index (κ1) is 13.4. The maximum absolute atomic E-state index is 11.5. The molecule has 0 amide bonds. The molecule has 0 bridgehead atoms. The van der Waals surface area contributed by atoms with Gasteiger partial charge in [0.05, 0.1) is 7.11 Å². The lowest BCUT2D eigenvalue weighted by Gasteiger charge is -2.10. The fourth-order valence-corrected chi connectivity index (χ4v) is 2.50. The van der Waals surface area contributed by atoms with Gasteiger partial charge in [-0.05, 0) is 18.7 Å². The maximum atomic E-state index is 11.5. The third-order valence-electron chi connectivity index (χ3n) is 2.44. The first-order valence-corrected chi connectivity index (χ1v) is 6.42. The Morgan fingerprint density at radius 3 is 2.95 bits per heavy atom. The Hall–Kier alpha value is -2.03. The van der Waals surface area contributed by atoms with Crippen molar-refractivity contribution in [3.63, 3.8) is 0 Å². The van der Waals surface area contributed by atoms with E-state index in [0.29, 0.717) is 28.3 Å². The molecule has 9 heteroatoms. The molecule has 2 rings (SSSR count). The van der Waals surface area contributed by atoms with Gasteiger partial charge in [0.15, 0.2) is 21.7 Å². The zero-order valence-electron chi connectivity index (χ0n) is 10.8. The van der Waals surface area contributed by atoms with Gasteiger partial charge in [-0.1, -0.05) is 0 Å². The molecule has 0 aliphatic rings. The Kier molecular flexibility index (Phi) is 4.05. The van der Waals surface area contributed by atoms with Crippen LogP contribution in [-0.4, -0.2) is 38.9 Å². The van der Waals surface area contributed by atoms with Gasteiger partial charge in [0.2, 0.25) is 0 Å². The first-order chi connectivity index (χ1) is 9.21. The topological polar surface area (TPSA) is 97.7 Å². The van der Waals surface area contributed by atoms with Gasteiger partial charge in [-0.15, -0.1) is 5.10 Å². The normalized spacial score (nSPS) is 10.5. The van der Waals surface area contributed by atoms with Crippen molar-refractivity contribution < 1.29 is 4.74 Å². The summed E-state index contributed by atoms with van der Waals surface area (Å²) in [4.78, 5) is 19.7. The molecule has 2 aromatic heterocycles. The molecule has 0 aromatic carbocycles. The second-order valence-corrected chi connectivity index (χ2v) is 4.42. The largest absolute Gasteiger partial charge is 0.490 e. The maximum Gasteiger partial charge on any atom is 0.343 e. The van der Waals surface area contributed by atoms with Crippen LogP contribution in [-0.2, 0) is 6.54 Å². The molecule has 0 radical (unpaired) electrons. The summed E-state index contributed by atoms with van der Waals surface area (Å²) in [6.45, 7) is 2.40. The van der Waals surface area contributed by atoms with E-state index >= 15 is 0 Å². The minimum absolute atomic E-state index is 0.244. The quantitative estimate of drug-likeness (QED) is 0.774. The van der Waals surface area contributed by atoms with Crippen molar-refractivity contribution in [2.75, 3.05) is 19.5 Å². The van der Waals surface area contributed by atoms with Crippen LogP contribution in [0, 0.1) is 0 Å². The number of rotatable bonds is 5. The van der Waals surface area contributed by atoms with Crippen LogP contribution in [0.25, 0.3) is 0 Å². The summed E-state index contributed by atoms with van der Waals surface area (Å²) >= 11 is 1.24. The second-order valence-electron chi connectivity index (χ2n) is 3.47. The van der Waals surface area contributed by atoms with Gasteiger partial charge < -0.3 is 10.1 Å². The Labute approximate surface area is 113 Å². The predicted octanol–water partition coefficient (Wildman–Crippen LogP) is 0.583. The number of H-pyrrole nitrogens is 1. The van der Waals surface area contributed by atoms with Crippen molar-refractivity contribution in [1.82, 2.24) is 24.7 Å². The minimum atomic E-state index is -0.244. The van der Waals surface area contributed by atoms with Crippen LogP contribution in [0.15, 0.2) is 21.3 Å². The van der Waals surface area contributed by atoms with E-state index in [2.05, 4.69) is 25.5 Å². The molecule has 0 spiro atoms. The molecule has 0 atom stereocenters. The summed E-state index contributed by atoms with van der Waals surface area (Å²) in [5.74, 6) is 1.11. The van der Waals surface area contributed by atoms with E-state index in [1.54, 1.807) is 14.2 Å². The number of aromatic amines is 1. The number of ether oxygens (including phenoxy) is 1. The Bertz CT molecular complexity index is 623. The summed E-state index contributed by atoms with van der Waals surface area (Å²) < 4.78 is 6.81. The van der Waals surface area contributed by atoms with E-state index in [9.17, 15) is 4.79 Å². The molecule has 8 nitrogen and oxygen atoms in total. The highest BCUT2D eigenvalue weighted by Crippen LogP contribution is 2.35. The van der Waals surface area contributed by atoms with E-state index in [1.807, 2.05) is 6.92 Å². The highest BCUT2D eigenvalue weighted by atomic mass is 32.2. The third-order valence-corrected chi connectivity index (χ3v) is 3.42. The number of hydrogen-bond donors (Lipinski definition) is 2. The third kappa shape index (κ3) is 2.55. The van der Waals surface area contributed by atoms with E-state index in [1.165, 1.54) is 22.7 Å². The molecule has 0 saturated carbocycles. The number of methoxy groups -OCH3 is 1. The van der Waals surface area contributed by atoms with Crippen molar-refractivity contribution in [2.45, 2.75) is 23.7 Å². The summed E-state index contributed by atoms with van der Waals surface area (Å²) in [5.41, 5.74) is -0.244. The smallest absolute Gasteiger partial charge is 0.343 e. The van der Waals surface area contributed by atoms with Gasteiger partial charge in [0.1, 0.15) is 6.33 Å². The second kappa shape index (κ2) is 5.74. The van der Waals surface area contributed by atoms with Crippen LogP contribution in [0.3, 0.4) is 0 Å². The van der Waals surface area contributed by atoms with Gasteiger partial charge in [0.25, 0.3) is 0 Å². The van der Waals surface area contributed by atoms with Crippen molar-refractivity contribution in [3.05, 3.63) is 16.8 Å². The van der Waals surface area contributed by atoms with Crippen LogP contribution in [0.4, 0.5) is 5.82 Å². The Morgan fingerprint density at radius 1 is 1.53 bits per heavy atom. The highest BCUT2D eigenvalue weighted by Gasteiger charge is 2.16. The molecular weight excluding hydrogens is 268 g/mol. The molecule has 2 N–H and O–H groups in total. The van der Waals surface area contributed by atoms with E-state index < -0.39 is 0 Å². The lowest BCUT2D eigenvalue weighted by atomic mass is 10.5.